The van der Waals surface area contributed by atoms with Gasteiger partial charge >= 0.3 is 0 Å². The lowest BCUT2D eigenvalue weighted by molar-refractivity contribution is -0.148. The van der Waals surface area contributed by atoms with E-state index in [1.54, 1.807) is 0 Å². The molecule has 0 aromatic heterocycles. The molecule has 7 nitrogen and oxygen atoms in total. The lowest BCUT2D eigenvalue weighted by Gasteiger charge is -2.29. The first-order valence-electron chi connectivity index (χ1n) is 6.86. The van der Waals surface area contributed by atoms with Crippen molar-refractivity contribution in [2.45, 2.75) is 44.7 Å². The van der Waals surface area contributed by atoms with Gasteiger partial charge < -0.3 is 0 Å². The summed E-state index contributed by atoms with van der Waals surface area (Å²) in [7, 11) is 1.43. The zero-order chi connectivity index (χ0) is 14.9. The van der Waals surface area contributed by atoms with Crippen molar-refractivity contribution in [3.63, 3.8) is 0 Å². The summed E-state index contributed by atoms with van der Waals surface area (Å²) < 4.78 is 0. The zero-order valence-electron chi connectivity index (χ0n) is 11.7. The summed E-state index contributed by atoms with van der Waals surface area (Å²) in [5.41, 5.74) is 0. The minimum atomic E-state index is -0.649. The van der Waals surface area contributed by atoms with Crippen molar-refractivity contribution in [2.24, 2.45) is 0 Å². The molecule has 2 atom stereocenters. The van der Waals surface area contributed by atoms with Gasteiger partial charge in [0, 0.05) is 20.0 Å². The van der Waals surface area contributed by atoms with Crippen LogP contribution in [0.1, 0.15) is 32.6 Å². The molecule has 20 heavy (non-hydrogen) atoms. The van der Waals surface area contributed by atoms with Crippen LogP contribution in [-0.2, 0) is 19.2 Å². The van der Waals surface area contributed by atoms with Crippen LogP contribution in [0, 0.1) is 0 Å². The van der Waals surface area contributed by atoms with Gasteiger partial charge in [-0.2, -0.15) is 0 Å². The van der Waals surface area contributed by atoms with Gasteiger partial charge in [-0.1, -0.05) is 6.92 Å². The second kappa shape index (κ2) is 5.70. The van der Waals surface area contributed by atoms with E-state index in [9.17, 15) is 19.2 Å². The fraction of sp³-hybridized carbons (Fsp3) is 0.692. The summed E-state index contributed by atoms with van der Waals surface area (Å²) >= 11 is 0. The van der Waals surface area contributed by atoms with Gasteiger partial charge in [-0.3, -0.25) is 34.3 Å². The highest BCUT2D eigenvalue weighted by Gasteiger charge is 2.41. The number of amides is 4. The second-order valence-electron chi connectivity index (χ2n) is 5.19. The number of rotatable bonds is 4. The standard InChI is InChI=1S/C13H19N3O4/c1-3-6-16-11(18)7-9(13(16)20)14-8-4-5-10(17)15(2)12(8)19/h8-9,14H,3-7H2,1-2H3. The zero-order valence-corrected chi connectivity index (χ0v) is 11.7. The smallest absolute Gasteiger partial charge is 0.246 e. The van der Waals surface area contributed by atoms with Crippen LogP contribution in [0.3, 0.4) is 0 Å². The predicted molar refractivity (Wildman–Crippen MR) is 69.4 cm³/mol. The molecule has 0 saturated carbocycles. The number of carbonyl (C=O) groups is 4. The van der Waals surface area contributed by atoms with Crippen LogP contribution < -0.4 is 5.32 Å². The van der Waals surface area contributed by atoms with Gasteiger partial charge in [-0.25, -0.2) is 0 Å². The van der Waals surface area contributed by atoms with Crippen LogP contribution in [-0.4, -0.2) is 59.1 Å². The summed E-state index contributed by atoms with van der Waals surface area (Å²) in [6.45, 7) is 2.30. The highest BCUT2D eigenvalue weighted by Crippen LogP contribution is 2.17. The van der Waals surface area contributed by atoms with Gasteiger partial charge in [0.15, 0.2) is 0 Å². The molecule has 0 spiro atoms. The van der Waals surface area contributed by atoms with Crippen molar-refractivity contribution < 1.29 is 19.2 Å². The van der Waals surface area contributed by atoms with Crippen molar-refractivity contribution in [3.8, 4) is 0 Å². The van der Waals surface area contributed by atoms with Gasteiger partial charge in [0.05, 0.1) is 18.5 Å². The molecular formula is C13H19N3O4. The molecule has 1 N–H and O–H groups in total. The first-order chi connectivity index (χ1) is 9.45. The normalized spacial score (nSPS) is 27.7. The molecule has 2 aliphatic heterocycles. The van der Waals surface area contributed by atoms with E-state index in [2.05, 4.69) is 5.32 Å². The summed E-state index contributed by atoms with van der Waals surface area (Å²) in [6.07, 6.45) is 1.44. The Kier molecular flexibility index (Phi) is 4.17. The fourth-order valence-corrected chi connectivity index (χ4v) is 2.58. The average molecular weight is 281 g/mol. The van der Waals surface area contributed by atoms with Crippen LogP contribution in [0.4, 0.5) is 0 Å². The molecule has 2 rings (SSSR count). The summed E-state index contributed by atoms with van der Waals surface area (Å²) in [4.78, 5) is 49.5. The van der Waals surface area contributed by atoms with Crippen LogP contribution in [0.5, 0.6) is 0 Å². The van der Waals surface area contributed by atoms with Crippen LogP contribution >= 0.6 is 0 Å². The largest absolute Gasteiger partial charge is 0.294 e. The summed E-state index contributed by atoms with van der Waals surface area (Å²) in [6, 6.07) is -1.22. The molecule has 4 amide bonds. The average Bonchev–Trinajstić information content (AvgIpc) is 2.67. The van der Waals surface area contributed by atoms with Gasteiger partial charge in [-0.15, -0.1) is 0 Å². The monoisotopic (exact) mass is 281 g/mol. The Morgan fingerprint density at radius 3 is 2.45 bits per heavy atom. The maximum atomic E-state index is 12.1. The quantitative estimate of drug-likeness (QED) is 0.686. The van der Waals surface area contributed by atoms with E-state index >= 15 is 0 Å². The minimum absolute atomic E-state index is 0.0836. The first-order valence-corrected chi connectivity index (χ1v) is 6.86. The Hall–Kier alpha value is -1.76. The van der Waals surface area contributed by atoms with Crippen molar-refractivity contribution in [1.82, 2.24) is 15.1 Å². The van der Waals surface area contributed by atoms with Gasteiger partial charge in [-0.05, 0) is 12.8 Å². The van der Waals surface area contributed by atoms with Crippen LogP contribution in [0.15, 0.2) is 0 Å². The third-order valence-corrected chi connectivity index (χ3v) is 3.74. The third-order valence-electron chi connectivity index (χ3n) is 3.74. The number of nitrogens with zero attached hydrogens (tertiary/aromatic N) is 2. The number of nitrogens with one attached hydrogen (secondary N) is 1. The number of imide groups is 2. The first kappa shape index (κ1) is 14.6. The van der Waals surface area contributed by atoms with Crippen molar-refractivity contribution >= 4 is 23.6 Å². The highest BCUT2D eigenvalue weighted by atomic mass is 16.2. The highest BCUT2D eigenvalue weighted by molar-refractivity contribution is 6.06. The van der Waals surface area contributed by atoms with E-state index in [1.807, 2.05) is 6.92 Å². The summed E-state index contributed by atoms with van der Waals surface area (Å²) in [5.74, 6) is -1.03. The van der Waals surface area contributed by atoms with E-state index < -0.39 is 12.1 Å². The van der Waals surface area contributed by atoms with E-state index in [-0.39, 0.29) is 36.5 Å². The second-order valence-corrected chi connectivity index (χ2v) is 5.19. The van der Waals surface area contributed by atoms with Gasteiger partial charge in [0.2, 0.25) is 23.6 Å². The maximum absolute atomic E-state index is 12.1. The molecule has 2 aliphatic rings. The lowest BCUT2D eigenvalue weighted by Crippen LogP contribution is -2.55. The molecule has 2 heterocycles. The molecule has 0 radical (unpaired) electrons. The number of hydrogen-bond acceptors (Lipinski definition) is 5. The molecular weight excluding hydrogens is 262 g/mol. The Bertz CT molecular complexity index is 463. The summed E-state index contributed by atoms with van der Waals surface area (Å²) in [5, 5.41) is 2.93. The van der Waals surface area contributed by atoms with Gasteiger partial charge in [0.1, 0.15) is 0 Å². The molecule has 0 bridgehead atoms. The van der Waals surface area contributed by atoms with E-state index in [0.717, 1.165) is 4.90 Å². The minimum Gasteiger partial charge on any atom is -0.294 e. The Balaban J connectivity index is 2.01. The molecule has 0 aliphatic carbocycles. The van der Waals surface area contributed by atoms with E-state index in [1.165, 1.54) is 11.9 Å². The van der Waals surface area contributed by atoms with E-state index in [4.69, 9.17) is 0 Å². The van der Waals surface area contributed by atoms with Crippen LogP contribution in [0.2, 0.25) is 0 Å². The molecule has 110 valence electrons. The number of hydrogen-bond donors (Lipinski definition) is 1. The number of carbonyl (C=O) groups excluding carboxylic acids is 4. The SMILES string of the molecule is CCCN1C(=O)CC(NC2CCC(=O)N(C)C2=O)C1=O. The van der Waals surface area contributed by atoms with Crippen LogP contribution in [0.25, 0.3) is 0 Å². The fourth-order valence-electron chi connectivity index (χ4n) is 2.58. The maximum Gasteiger partial charge on any atom is 0.246 e. The predicted octanol–water partition coefficient (Wildman–Crippen LogP) is -0.739. The molecule has 7 heteroatoms. The molecule has 0 aromatic rings. The Labute approximate surface area is 117 Å². The topological polar surface area (TPSA) is 86.8 Å². The molecule has 2 unspecified atom stereocenters. The molecule has 2 fully saturated rings. The van der Waals surface area contributed by atoms with Gasteiger partial charge in [0.25, 0.3) is 0 Å². The lowest BCUT2D eigenvalue weighted by atomic mass is 10.0. The van der Waals surface area contributed by atoms with Crippen molar-refractivity contribution in [2.75, 3.05) is 13.6 Å². The number of likely N-dealkylation sites (N-methyl/N-ethyl adjacent to an activating group) is 1. The third kappa shape index (κ3) is 2.58. The van der Waals surface area contributed by atoms with Crippen molar-refractivity contribution in [3.05, 3.63) is 0 Å². The Morgan fingerprint density at radius 2 is 1.80 bits per heavy atom. The van der Waals surface area contributed by atoms with Crippen molar-refractivity contribution in [1.29, 1.82) is 0 Å². The Morgan fingerprint density at radius 1 is 1.10 bits per heavy atom. The molecule has 0 aromatic carbocycles. The van der Waals surface area contributed by atoms with E-state index in [0.29, 0.717) is 19.4 Å². The number of likely N-dealkylation sites (tertiary alicyclic amines) is 2. The number of piperidine rings is 1. The molecule has 2 saturated heterocycles.